The van der Waals surface area contributed by atoms with Gasteiger partial charge in [-0.25, -0.2) is 13.1 Å². The summed E-state index contributed by atoms with van der Waals surface area (Å²) >= 11 is 0. The fourth-order valence-corrected chi connectivity index (χ4v) is 4.10. The number of rotatable bonds is 6. The monoisotopic (exact) mass is 333 g/mol. The van der Waals surface area contributed by atoms with Crippen molar-refractivity contribution < 1.29 is 17.9 Å². The van der Waals surface area contributed by atoms with Crippen LogP contribution in [-0.4, -0.2) is 22.6 Å². The minimum absolute atomic E-state index is 0.164. The van der Waals surface area contributed by atoms with Gasteiger partial charge in [0, 0.05) is 6.07 Å². The molecule has 6 heteroatoms. The molecule has 23 heavy (non-hydrogen) atoms. The molecule has 0 bridgehead atoms. The summed E-state index contributed by atoms with van der Waals surface area (Å²) in [6.07, 6.45) is 1.59. The number of sulfonamides is 1. The molecule has 0 saturated heterocycles. The van der Waals surface area contributed by atoms with Crippen LogP contribution >= 0.6 is 0 Å². The summed E-state index contributed by atoms with van der Waals surface area (Å²) in [5.41, 5.74) is 0.497. The van der Waals surface area contributed by atoms with Crippen LogP contribution in [0, 0.1) is 0 Å². The number of ether oxygens (including phenoxy) is 2. The molecule has 0 atom stereocenters. The SMILES string of the molecule is COc1ccc(S(=O)(=O)NC2(c3ccccc3)CC2)cc1OC. The first-order valence-corrected chi connectivity index (χ1v) is 8.81. The van der Waals surface area contributed by atoms with Crippen molar-refractivity contribution in [3.63, 3.8) is 0 Å². The van der Waals surface area contributed by atoms with Gasteiger partial charge in [-0.1, -0.05) is 30.3 Å². The summed E-state index contributed by atoms with van der Waals surface area (Å²) < 4.78 is 38.6. The standard InChI is InChI=1S/C17H19NO4S/c1-21-15-9-8-14(12-16(15)22-2)23(19,20)18-17(10-11-17)13-6-4-3-5-7-13/h3-9,12,18H,10-11H2,1-2H3. The molecular formula is C17H19NO4S. The van der Waals surface area contributed by atoms with Crippen LogP contribution in [0.3, 0.4) is 0 Å². The summed E-state index contributed by atoms with van der Waals surface area (Å²) in [6.45, 7) is 0. The van der Waals surface area contributed by atoms with Crippen LogP contribution in [0.25, 0.3) is 0 Å². The first-order chi connectivity index (χ1) is 11.0. The molecule has 0 aliphatic heterocycles. The summed E-state index contributed by atoms with van der Waals surface area (Å²) in [7, 11) is -0.654. The fourth-order valence-electron chi connectivity index (χ4n) is 2.63. The lowest BCUT2D eigenvalue weighted by molar-refractivity contribution is 0.354. The Morgan fingerprint density at radius 2 is 1.61 bits per heavy atom. The smallest absolute Gasteiger partial charge is 0.241 e. The Morgan fingerprint density at radius 3 is 2.17 bits per heavy atom. The summed E-state index contributed by atoms with van der Waals surface area (Å²) in [5.74, 6) is 0.885. The van der Waals surface area contributed by atoms with Crippen molar-refractivity contribution in [2.45, 2.75) is 23.3 Å². The Balaban J connectivity index is 1.91. The lowest BCUT2D eigenvalue weighted by Gasteiger charge is -2.18. The van der Waals surface area contributed by atoms with E-state index in [0.29, 0.717) is 11.5 Å². The van der Waals surface area contributed by atoms with Gasteiger partial charge in [-0.3, -0.25) is 0 Å². The third-order valence-corrected chi connectivity index (χ3v) is 5.61. The zero-order chi connectivity index (χ0) is 16.5. The zero-order valence-electron chi connectivity index (χ0n) is 13.1. The van der Waals surface area contributed by atoms with Gasteiger partial charge in [0.05, 0.1) is 24.7 Å². The minimum Gasteiger partial charge on any atom is -0.493 e. The molecule has 5 nitrogen and oxygen atoms in total. The average Bonchev–Trinajstić information content (AvgIpc) is 3.35. The van der Waals surface area contributed by atoms with E-state index in [1.54, 1.807) is 6.07 Å². The largest absolute Gasteiger partial charge is 0.493 e. The second-order valence-corrected chi connectivity index (χ2v) is 7.25. The molecule has 1 N–H and O–H groups in total. The molecule has 0 amide bonds. The lowest BCUT2D eigenvalue weighted by Crippen LogP contribution is -2.34. The normalized spacial score (nSPS) is 15.9. The van der Waals surface area contributed by atoms with Crippen LogP contribution in [0.4, 0.5) is 0 Å². The Morgan fingerprint density at radius 1 is 0.957 bits per heavy atom. The molecule has 2 aromatic rings. The van der Waals surface area contributed by atoms with Gasteiger partial charge in [0.1, 0.15) is 0 Å². The van der Waals surface area contributed by atoms with E-state index >= 15 is 0 Å². The molecule has 0 radical (unpaired) electrons. The van der Waals surface area contributed by atoms with E-state index in [9.17, 15) is 8.42 Å². The van der Waals surface area contributed by atoms with Crippen LogP contribution in [0.15, 0.2) is 53.4 Å². The topological polar surface area (TPSA) is 64.6 Å². The molecule has 0 spiro atoms. The third kappa shape index (κ3) is 3.04. The van der Waals surface area contributed by atoms with E-state index < -0.39 is 15.6 Å². The molecule has 2 aromatic carbocycles. The van der Waals surface area contributed by atoms with E-state index in [0.717, 1.165) is 18.4 Å². The van der Waals surface area contributed by atoms with Crippen LogP contribution in [0.2, 0.25) is 0 Å². The molecule has 1 fully saturated rings. The second-order valence-electron chi connectivity index (χ2n) is 5.57. The van der Waals surface area contributed by atoms with Gasteiger partial charge in [0.25, 0.3) is 0 Å². The Bertz CT molecular complexity index is 799. The Labute approximate surface area is 136 Å². The number of hydrogen-bond acceptors (Lipinski definition) is 4. The van der Waals surface area contributed by atoms with E-state index in [4.69, 9.17) is 9.47 Å². The molecule has 3 rings (SSSR count). The predicted octanol–water partition coefficient (Wildman–Crippen LogP) is 2.67. The van der Waals surface area contributed by atoms with Gasteiger partial charge in [0.2, 0.25) is 10.0 Å². The highest BCUT2D eigenvalue weighted by molar-refractivity contribution is 7.89. The minimum atomic E-state index is -3.65. The number of methoxy groups -OCH3 is 2. The Kier molecular flexibility index (Phi) is 4.04. The van der Waals surface area contributed by atoms with E-state index in [1.165, 1.54) is 26.4 Å². The highest BCUT2D eigenvalue weighted by Crippen LogP contribution is 2.46. The van der Waals surface area contributed by atoms with Crippen molar-refractivity contribution in [3.05, 3.63) is 54.1 Å². The lowest BCUT2D eigenvalue weighted by atomic mass is 10.1. The second kappa shape index (κ2) is 5.86. The van der Waals surface area contributed by atoms with Crippen molar-refractivity contribution >= 4 is 10.0 Å². The first-order valence-electron chi connectivity index (χ1n) is 7.32. The average molecular weight is 333 g/mol. The third-order valence-electron chi connectivity index (χ3n) is 4.07. The molecule has 1 aliphatic carbocycles. The van der Waals surface area contributed by atoms with Crippen molar-refractivity contribution in [2.24, 2.45) is 0 Å². The van der Waals surface area contributed by atoms with Crippen molar-refractivity contribution in [1.29, 1.82) is 0 Å². The summed E-state index contributed by atoms with van der Waals surface area (Å²) in [6, 6.07) is 14.2. The molecular weight excluding hydrogens is 314 g/mol. The molecule has 0 aromatic heterocycles. The van der Waals surface area contributed by atoms with Crippen LogP contribution < -0.4 is 14.2 Å². The van der Waals surface area contributed by atoms with Gasteiger partial charge in [-0.05, 0) is 30.5 Å². The number of nitrogens with one attached hydrogen (secondary N) is 1. The van der Waals surface area contributed by atoms with Crippen molar-refractivity contribution in [2.75, 3.05) is 14.2 Å². The summed E-state index contributed by atoms with van der Waals surface area (Å²) in [4.78, 5) is 0.164. The molecule has 0 heterocycles. The van der Waals surface area contributed by atoms with E-state index in [-0.39, 0.29) is 4.90 Å². The quantitative estimate of drug-likeness (QED) is 0.883. The van der Waals surface area contributed by atoms with E-state index in [1.807, 2.05) is 30.3 Å². The van der Waals surface area contributed by atoms with Crippen molar-refractivity contribution in [1.82, 2.24) is 4.72 Å². The molecule has 1 saturated carbocycles. The maximum atomic E-state index is 12.7. The van der Waals surface area contributed by atoms with Crippen LogP contribution in [-0.2, 0) is 15.6 Å². The highest BCUT2D eigenvalue weighted by Gasteiger charge is 2.47. The van der Waals surface area contributed by atoms with Gasteiger partial charge in [0.15, 0.2) is 11.5 Å². The number of hydrogen-bond donors (Lipinski definition) is 1. The molecule has 0 unspecified atom stereocenters. The maximum Gasteiger partial charge on any atom is 0.241 e. The van der Waals surface area contributed by atoms with Crippen LogP contribution in [0.1, 0.15) is 18.4 Å². The summed E-state index contributed by atoms with van der Waals surface area (Å²) in [5, 5.41) is 0. The zero-order valence-corrected chi connectivity index (χ0v) is 13.9. The van der Waals surface area contributed by atoms with Crippen molar-refractivity contribution in [3.8, 4) is 11.5 Å². The van der Waals surface area contributed by atoms with Gasteiger partial charge in [-0.2, -0.15) is 0 Å². The number of benzene rings is 2. The Hall–Kier alpha value is -2.05. The predicted molar refractivity (Wildman–Crippen MR) is 87.2 cm³/mol. The van der Waals surface area contributed by atoms with E-state index in [2.05, 4.69) is 4.72 Å². The molecule has 1 aliphatic rings. The van der Waals surface area contributed by atoms with Crippen LogP contribution in [0.5, 0.6) is 11.5 Å². The van der Waals surface area contributed by atoms with Gasteiger partial charge >= 0.3 is 0 Å². The first kappa shape index (κ1) is 15.8. The van der Waals surface area contributed by atoms with Gasteiger partial charge in [-0.15, -0.1) is 0 Å². The highest BCUT2D eigenvalue weighted by atomic mass is 32.2. The maximum absolute atomic E-state index is 12.7. The molecule has 122 valence electrons. The van der Waals surface area contributed by atoms with Gasteiger partial charge < -0.3 is 9.47 Å². The fraction of sp³-hybridized carbons (Fsp3) is 0.294.